The monoisotopic (exact) mass is 314 g/mol. The van der Waals surface area contributed by atoms with Crippen LogP contribution in [0.2, 0.25) is 0 Å². The van der Waals surface area contributed by atoms with Crippen molar-refractivity contribution in [2.75, 3.05) is 0 Å². The van der Waals surface area contributed by atoms with Crippen molar-refractivity contribution in [1.82, 2.24) is 0 Å². The Morgan fingerprint density at radius 2 is 0.958 bits per heavy atom. The van der Waals surface area contributed by atoms with Crippen molar-refractivity contribution in [3.8, 4) is 0 Å². The molecule has 0 radical (unpaired) electrons. The highest BCUT2D eigenvalue weighted by Crippen LogP contribution is 2.35. The van der Waals surface area contributed by atoms with E-state index < -0.39 is 11.6 Å². The number of benzene rings is 2. The third-order valence-corrected chi connectivity index (χ3v) is 4.21. The first kappa shape index (κ1) is 14.2. The van der Waals surface area contributed by atoms with Crippen LogP contribution >= 0.6 is 0 Å². The van der Waals surface area contributed by atoms with Gasteiger partial charge in [0.2, 0.25) is 11.6 Å². The average Bonchev–Trinajstić information content (AvgIpc) is 2.61. The van der Waals surface area contributed by atoms with Crippen LogP contribution < -0.4 is 0 Å². The van der Waals surface area contributed by atoms with Gasteiger partial charge in [-0.3, -0.25) is 19.2 Å². The third-order valence-electron chi connectivity index (χ3n) is 4.21. The summed E-state index contributed by atoms with van der Waals surface area (Å²) in [5, 5.41) is 0. The van der Waals surface area contributed by atoms with E-state index in [1.807, 2.05) is 0 Å². The van der Waals surface area contributed by atoms with Crippen molar-refractivity contribution in [3.63, 3.8) is 0 Å². The minimum absolute atomic E-state index is 0.145. The van der Waals surface area contributed by atoms with Gasteiger partial charge in [-0.2, -0.15) is 0 Å². The summed E-state index contributed by atoms with van der Waals surface area (Å²) in [4.78, 5) is 49.2. The van der Waals surface area contributed by atoms with E-state index in [2.05, 4.69) is 0 Å². The molecule has 4 nitrogen and oxygen atoms in total. The van der Waals surface area contributed by atoms with Crippen molar-refractivity contribution >= 4 is 28.7 Å². The predicted molar refractivity (Wildman–Crippen MR) is 86.9 cm³/mol. The predicted octanol–water partition coefficient (Wildman–Crippen LogP) is 2.84. The Labute approximate surface area is 137 Å². The highest BCUT2D eigenvalue weighted by atomic mass is 16.2. The van der Waals surface area contributed by atoms with Crippen LogP contribution in [0.3, 0.4) is 0 Å². The Hall–Kier alpha value is -3.40. The summed E-state index contributed by atoms with van der Waals surface area (Å²) in [7, 11) is 0. The zero-order valence-electron chi connectivity index (χ0n) is 12.4. The quantitative estimate of drug-likeness (QED) is 0.759. The molecule has 0 aliphatic heterocycles. The second-order valence-corrected chi connectivity index (χ2v) is 5.59. The lowest BCUT2D eigenvalue weighted by atomic mass is 9.79. The smallest absolute Gasteiger partial charge is 0.233 e. The lowest BCUT2D eigenvalue weighted by Gasteiger charge is -2.21. The molecule has 2 aromatic rings. The molecule has 4 rings (SSSR count). The Bertz CT molecular complexity index is 1020. The lowest BCUT2D eigenvalue weighted by Crippen LogP contribution is -2.23. The summed E-state index contributed by atoms with van der Waals surface area (Å²) in [5.41, 5.74) is 1.87. The Balaban J connectivity index is 1.93. The van der Waals surface area contributed by atoms with Crippen molar-refractivity contribution in [3.05, 3.63) is 88.5 Å². The highest BCUT2D eigenvalue weighted by molar-refractivity contribution is 6.52. The first-order valence-corrected chi connectivity index (χ1v) is 7.38. The molecule has 0 N–H and O–H groups in total. The van der Waals surface area contributed by atoms with Gasteiger partial charge < -0.3 is 0 Å². The van der Waals surface area contributed by atoms with Gasteiger partial charge in [0.15, 0.2) is 11.6 Å². The molecule has 0 bridgehead atoms. The summed E-state index contributed by atoms with van der Waals surface area (Å²) in [6, 6.07) is 13.2. The summed E-state index contributed by atoms with van der Waals surface area (Å²) in [5.74, 6) is -1.91. The molecule has 24 heavy (non-hydrogen) atoms. The fourth-order valence-corrected chi connectivity index (χ4v) is 3.06. The zero-order valence-corrected chi connectivity index (χ0v) is 12.4. The van der Waals surface area contributed by atoms with Crippen LogP contribution in [-0.2, 0) is 4.79 Å². The number of hydrogen-bond donors (Lipinski definition) is 0. The van der Waals surface area contributed by atoms with Gasteiger partial charge in [0, 0.05) is 22.3 Å². The molecule has 2 aliphatic carbocycles. The van der Waals surface area contributed by atoms with Crippen LogP contribution in [0.5, 0.6) is 0 Å². The molecule has 0 spiro atoms. The molecule has 0 amide bonds. The first-order chi connectivity index (χ1) is 11.6. The Morgan fingerprint density at radius 1 is 0.458 bits per heavy atom. The lowest BCUT2D eigenvalue weighted by molar-refractivity contribution is -0.111. The summed E-state index contributed by atoms with van der Waals surface area (Å²) < 4.78 is 0. The second-order valence-electron chi connectivity index (χ2n) is 5.59. The molecule has 2 aliphatic rings. The molecule has 0 saturated heterocycles. The normalized spacial score (nSPS) is 16.3. The SMILES string of the molecule is O=C1C=C(C2=CC(=O)c3ccccc3C2=O)c2ccccc2C1=O. The number of fused-ring (bicyclic) bond motifs is 2. The van der Waals surface area contributed by atoms with Crippen molar-refractivity contribution < 1.29 is 19.2 Å². The van der Waals surface area contributed by atoms with Crippen LogP contribution in [-0.4, -0.2) is 23.1 Å². The molecular weight excluding hydrogens is 304 g/mol. The maximum absolute atomic E-state index is 12.8. The van der Waals surface area contributed by atoms with Gasteiger partial charge in [0.25, 0.3) is 0 Å². The van der Waals surface area contributed by atoms with E-state index in [0.29, 0.717) is 22.3 Å². The van der Waals surface area contributed by atoms with Crippen LogP contribution in [0, 0.1) is 0 Å². The Kier molecular flexibility index (Phi) is 3.00. The van der Waals surface area contributed by atoms with Crippen molar-refractivity contribution in [2.45, 2.75) is 0 Å². The molecule has 0 saturated carbocycles. The Morgan fingerprint density at radius 3 is 1.62 bits per heavy atom. The molecule has 0 heterocycles. The van der Waals surface area contributed by atoms with E-state index >= 15 is 0 Å². The van der Waals surface area contributed by atoms with E-state index in [-0.39, 0.29) is 22.7 Å². The zero-order chi connectivity index (χ0) is 16.8. The maximum atomic E-state index is 12.8. The molecule has 0 unspecified atom stereocenters. The van der Waals surface area contributed by atoms with Crippen LogP contribution in [0.4, 0.5) is 0 Å². The molecule has 2 aromatic carbocycles. The fourth-order valence-electron chi connectivity index (χ4n) is 3.06. The highest BCUT2D eigenvalue weighted by Gasteiger charge is 2.33. The molecule has 0 aromatic heterocycles. The average molecular weight is 314 g/mol. The van der Waals surface area contributed by atoms with Crippen LogP contribution in [0.25, 0.3) is 5.57 Å². The van der Waals surface area contributed by atoms with Crippen molar-refractivity contribution in [1.29, 1.82) is 0 Å². The van der Waals surface area contributed by atoms with E-state index in [9.17, 15) is 19.2 Å². The molecule has 0 fully saturated rings. The number of allylic oxidation sites excluding steroid dienone is 4. The summed E-state index contributed by atoms with van der Waals surface area (Å²) in [6.07, 6.45) is 2.39. The van der Waals surface area contributed by atoms with Crippen LogP contribution in [0.15, 0.2) is 66.3 Å². The second kappa shape index (κ2) is 5.06. The number of hydrogen-bond acceptors (Lipinski definition) is 4. The number of rotatable bonds is 1. The van der Waals surface area contributed by atoms with Crippen molar-refractivity contribution in [2.24, 2.45) is 0 Å². The van der Waals surface area contributed by atoms with Gasteiger partial charge >= 0.3 is 0 Å². The largest absolute Gasteiger partial charge is 0.289 e. The van der Waals surface area contributed by atoms with Gasteiger partial charge in [-0.05, 0) is 23.3 Å². The summed E-state index contributed by atoms with van der Waals surface area (Å²) in [6.45, 7) is 0. The van der Waals surface area contributed by atoms with Gasteiger partial charge in [-0.15, -0.1) is 0 Å². The van der Waals surface area contributed by atoms with E-state index in [0.717, 1.165) is 6.08 Å². The standard InChI is InChI=1S/C20H10O4/c21-17-10-16(19(23)14-8-4-2-6-12(14)17)15-9-18(22)20(24)13-7-3-1-5-11(13)15/h1-10H. The van der Waals surface area contributed by atoms with Gasteiger partial charge in [0.1, 0.15) is 0 Å². The maximum Gasteiger partial charge on any atom is 0.233 e. The van der Waals surface area contributed by atoms with Crippen LogP contribution in [0.1, 0.15) is 36.6 Å². The van der Waals surface area contributed by atoms with E-state index in [4.69, 9.17) is 0 Å². The van der Waals surface area contributed by atoms with Gasteiger partial charge in [0.05, 0.1) is 0 Å². The van der Waals surface area contributed by atoms with Gasteiger partial charge in [-0.25, -0.2) is 0 Å². The number of carbonyl (C=O) groups is 4. The first-order valence-electron chi connectivity index (χ1n) is 7.38. The minimum Gasteiger partial charge on any atom is -0.289 e. The topological polar surface area (TPSA) is 68.3 Å². The van der Waals surface area contributed by atoms with Gasteiger partial charge in [-0.1, -0.05) is 48.5 Å². The number of ketones is 4. The number of carbonyl (C=O) groups excluding carboxylic acids is 4. The molecule has 4 heteroatoms. The summed E-state index contributed by atoms with van der Waals surface area (Å²) >= 11 is 0. The molecule has 114 valence electrons. The number of Topliss-reactive ketones (excluding diaryl/α,β-unsaturated/α-hetero) is 2. The molecule has 0 atom stereocenters. The van der Waals surface area contributed by atoms with E-state index in [1.54, 1.807) is 48.5 Å². The fraction of sp³-hybridized carbons (Fsp3) is 0. The van der Waals surface area contributed by atoms with E-state index in [1.165, 1.54) is 6.08 Å². The minimum atomic E-state index is -0.691. The third kappa shape index (κ3) is 1.93. The molecular formula is C20H10O4.